The highest BCUT2D eigenvalue weighted by atomic mass is 14.7. The molecule has 0 aromatic carbocycles. The van der Waals surface area contributed by atoms with Crippen molar-refractivity contribution < 1.29 is 0 Å². The van der Waals surface area contributed by atoms with Gasteiger partial charge in [-0.05, 0) is 38.0 Å². The van der Waals surface area contributed by atoms with Crippen molar-refractivity contribution >= 4 is 0 Å². The summed E-state index contributed by atoms with van der Waals surface area (Å²) < 4.78 is 0. The molecule has 0 saturated carbocycles. The van der Waals surface area contributed by atoms with Gasteiger partial charge in [-0.3, -0.25) is 0 Å². The van der Waals surface area contributed by atoms with E-state index in [0.717, 1.165) is 12.3 Å². The van der Waals surface area contributed by atoms with Gasteiger partial charge in [-0.2, -0.15) is 0 Å². The molecule has 0 aliphatic heterocycles. The van der Waals surface area contributed by atoms with Crippen LogP contribution in [0.5, 0.6) is 0 Å². The largest absolute Gasteiger partial charge is 0.327 e. The highest BCUT2D eigenvalue weighted by molar-refractivity contribution is 5.20. The first-order valence-electron chi connectivity index (χ1n) is 5.90. The third-order valence-corrected chi connectivity index (χ3v) is 3.52. The summed E-state index contributed by atoms with van der Waals surface area (Å²) in [4.78, 5) is 0. The van der Waals surface area contributed by atoms with E-state index in [4.69, 9.17) is 5.73 Å². The predicted octanol–water partition coefficient (Wildman–Crippen LogP) is 3.03. The van der Waals surface area contributed by atoms with Crippen LogP contribution in [-0.2, 0) is 0 Å². The van der Waals surface area contributed by atoms with Gasteiger partial charge in [0, 0.05) is 12.0 Å². The maximum absolute atomic E-state index is 6.16. The fourth-order valence-corrected chi connectivity index (χ4v) is 2.69. The lowest BCUT2D eigenvalue weighted by atomic mass is 9.78. The minimum atomic E-state index is 0.372. The number of hydrogen-bond acceptors (Lipinski definition) is 1. The molecule has 0 aromatic heterocycles. The Morgan fingerprint density at radius 3 is 2.93 bits per heavy atom. The molecular formula is C13H21N. The van der Waals surface area contributed by atoms with Crippen molar-refractivity contribution in [1.29, 1.82) is 0 Å². The predicted molar refractivity (Wildman–Crippen MR) is 60.9 cm³/mol. The summed E-state index contributed by atoms with van der Waals surface area (Å²) in [6.45, 7) is 2.32. The molecule has 14 heavy (non-hydrogen) atoms. The zero-order valence-corrected chi connectivity index (χ0v) is 9.08. The molecule has 0 bridgehead atoms. The first-order valence-corrected chi connectivity index (χ1v) is 5.90. The molecule has 78 valence electrons. The Morgan fingerprint density at radius 2 is 2.21 bits per heavy atom. The van der Waals surface area contributed by atoms with E-state index >= 15 is 0 Å². The second-order valence-corrected chi connectivity index (χ2v) is 4.81. The summed E-state index contributed by atoms with van der Waals surface area (Å²) in [5.41, 5.74) is 7.77. The first-order chi connectivity index (χ1) is 6.77. The van der Waals surface area contributed by atoms with Gasteiger partial charge in [0.25, 0.3) is 0 Å². The van der Waals surface area contributed by atoms with E-state index < -0.39 is 0 Å². The summed E-state index contributed by atoms with van der Waals surface area (Å²) in [6.07, 6.45) is 13.4. The van der Waals surface area contributed by atoms with Gasteiger partial charge in [-0.25, -0.2) is 0 Å². The van der Waals surface area contributed by atoms with E-state index in [9.17, 15) is 0 Å². The minimum Gasteiger partial charge on any atom is -0.327 e. The van der Waals surface area contributed by atoms with E-state index in [1.807, 2.05) is 0 Å². The van der Waals surface area contributed by atoms with Crippen molar-refractivity contribution in [3.05, 3.63) is 23.8 Å². The van der Waals surface area contributed by atoms with Crippen LogP contribution >= 0.6 is 0 Å². The molecule has 2 aliphatic carbocycles. The number of nitrogens with two attached hydrogens (primary N) is 1. The van der Waals surface area contributed by atoms with Crippen LogP contribution in [0, 0.1) is 11.8 Å². The van der Waals surface area contributed by atoms with Crippen LogP contribution in [0.25, 0.3) is 0 Å². The van der Waals surface area contributed by atoms with Crippen LogP contribution in [0.3, 0.4) is 0 Å². The maximum atomic E-state index is 6.16. The van der Waals surface area contributed by atoms with Crippen LogP contribution in [-0.4, -0.2) is 6.04 Å². The highest BCUT2D eigenvalue weighted by Crippen LogP contribution is 2.32. The molecule has 3 atom stereocenters. The van der Waals surface area contributed by atoms with Crippen LogP contribution in [0.15, 0.2) is 23.8 Å². The standard InChI is InChI=1S/C13H21N/c1-10-5-4-6-11(9-10)12-7-2-3-8-13(12)14/h2,7,9-10,12-13H,3-6,8,14H2,1H3/t10-,12?,13?/m0/s1. The van der Waals surface area contributed by atoms with Gasteiger partial charge in [0.2, 0.25) is 0 Å². The van der Waals surface area contributed by atoms with E-state index in [1.54, 1.807) is 5.57 Å². The van der Waals surface area contributed by atoms with Crippen molar-refractivity contribution in [2.45, 2.75) is 45.1 Å². The van der Waals surface area contributed by atoms with Crippen molar-refractivity contribution in [1.82, 2.24) is 0 Å². The summed E-state index contributed by atoms with van der Waals surface area (Å²) in [6, 6.07) is 0.372. The van der Waals surface area contributed by atoms with Crippen molar-refractivity contribution in [3.63, 3.8) is 0 Å². The summed E-state index contributed by atoms with van der Waals surface area (Å²) in [7, 11) is 0. The molecule has 0 heterocycles. The van der Waals surface area contributed by atoms with E-state index in [-0.39, 0.29) is 0 Å². The van der Waals surface area contributed by atoms with E-state index in [1.165, 1.54) is 25.7 Å². The average molecular weight is 191 g/mol. The second-order valence-electron chi connectivity index (χ2n) is 4.81. The lowest BCUT2D eigenvalue weighted by molar-refractivity contribution is 0.461. The van der Waals surface area contributed by atoms with Crippen LogP contribution < -0.4 is 5.73 Å². The highest BCUT2D eigenvalue weighted by Gasteiger charge is 2.23. The normalized spacial score (nSPS) is 38.1. The van der Waals surface area contributed by atoms with Crippen molar-refractivity contribution in [2.75, 3.05) is 0 Å². The first kappa shape index (κ1) is 9.97. The molecular weight excluding hydrogens is 170 g/mol. The van der Waals surface area contributed by atoms with Gasteiger partial charge in [-0.15, -0.1) is 0 Å². The molecule has 0 amide bonds. The molecule has 2 rings (SSSR count). The van der Waals surface area contributed by atoms with Gasteiger partial charge in [-0.1, -0.05) is 30.7 Å². The summed E-state index contributed by atoms with van der Waals surface area (Å²) in [5.74, 6) is 1.31. The molecule has 2 unspecified atom stereocenters. The van der Waals surface area contributed by atoms with Gasteiger partial charge < -0.3 is 5.73 Å². The number of hydrogen-bond donors (Lipinski definition) is 1. The van der Waals surface area contributed by atoms with Gasteiger partial charge in [0.1, 0.15) is 0 Å². The van der Waals surface area contributed by atoms with E-state index in [0.29, 0.717) is 12.0 Å². The Kier molecular flexibility index (Phi) is 3.07. The Hall–Kier alpha value is -0.560. The van der Waals surface area contributed by atoms with Crippen molar-refractivity contribution in [3.8, 4) is 0 Å². The fourth-order valence-electron chi connectivity index (χ4n) is 2.69. The van der Waals surface area contributed by atoms with Crippen LogP contribution in [0.2, 0.25) is 0 Å². The molecule has 0 aromatic rings. The molecule has 0 spiro atoms. The molecule has 0 radical (unpaired) electrons. The molecule has 0 fully saturated rings. The topological polar surface area (TPSA) is 26.0 Å². The third-order valence-electron chi connectivity index (χ3n) is 3.52. The maximum Gasteiger partial charge on any atom is 0.0142 e. The second kappa shape index (κ2) is 4.31. The summed E-state index contributed by atoms with van der Waals surface area (Å²) >= 11 is 0. The van der Waals surface area contributed by atoms with Crippen LogP contribution in [0.4, 0.5) is 0 Å². The smallest absolute Gasteiger partial charge is 0.0142 e. The number of allylic oxidation sites excluding steroid dienone is 2. The summed E-state index contributed by atoms with van der Waals surface area (Å²) in [5, 5.41) is 0. The Labute approximate surface area is 87.1 Å². The third kappa shape index (κ3) is 2.09. The number of rotatable bonds is 1. The molecule has 2 aliphatic rings. The Bertz CT molecular complexity index is 252. The molecule has 2 N–H and O–H groups in total. The van der Waals surface area contributed by atoms with Gasteiger partial charge in [0.15, 0.2) is 0 Å². The lowest BCUT2D eigenvalue weighted by Gasteiger charge is -2.30. The minimum absolute atomic E-state index is 0.372. The molecule has 0 saturated heterocycles. The van der Waals surface area contributed by atoms with Crippen molar-refractivity contribution in [2.24, 2.45) is 17.6 Å². The SMILES string of the molecule is C[C@@H]1C=C(C2C=CCCC2N)CCC1. The fraction of sp³-hybridized carbons (Fsp3) is 0.692. The Balaban J connectivity index is 2.12. The zero-order valence-electron chi connectivity index (χ0n) is 9.08. The average Bonchev–Trinajstić information content (AvgIpc) is 2.18. The van der Waals surface area contributed by atoms with Gasteiger partial charge in [0.05, 0.1) is 0 Å². The monoisotopic (exact) mass is 191 g/mol. The quantitative estimate of drug-likeness (QED) is 0.633. The van der Waals surface area contributed by atoms with Crippen LogP contribution in [0.1, 0.15) is 39.0 Å². The molecule has 1 nitrogen and oxygen atoms in total. The van der Waals surface area contributed by atoms with E-state index in [2.05, 4.69) is 25.2 Å². The zero-order chi connectivity index (χ0) is 9.97. The van der Waals surface area contributed by atoms with Gasteiger partial charge >= 0.3 is 0 Å². The lowest BCUT2D eigenvalue weighted by Crippen LogP contribution is -2.32. The molecule has 1 heteroatoms. The Morgan fingerprint density at radius 1 is 1.36 bits per heavy atom.